The molecule has 0 fully saturated rings. The van der Waals surface area contributed by atoms with Crippen molar-refractivity contribution in [3.05, 3.63) is 30.1 Å². The molecule has 1 rings (SSSR count). The van der Waals surface area contributed by atoms with E-state index >= 15 is 0 Å². The van der Waals surface area contributed by atoms with E-state index in [0.29, 0.717) is 17.9 Å². The Morgan fingerprint density at radius 2 is 2.38 bits per heavy atom. The molecule has 0 aromatic carbocycles. The van der Waals surface area contributed by atoms with Crippen molar-refractivity contribution in [2.75, 3.05) is 0 Å². The largest absolute Gasteiger partial charge is 0.292 e. The van der Waals surface area contributed by atoms with E-state index in [9.17, 15) is 4.79 Å². The molecule has 3 nitrogen and oxygen atoms in total. The predicted molar refractivity (Wildman–Crippen MR) is 66.8 cm³/mol. The van der Waals surface area contributed by atoms with Crippen LogP contribution < -0.4 is 0 Å². The van der Waals surface area contributed by atoms with Gasteiger partial charge in [0.05, 0.1) is 5.16 Å². The third-order valence-corrected chi connectivity index (χ3v) is 2.26. The van der Waals surface area contributed by atoms with Gasteiger partial charge in [-0.25, -0.2) is 4.99 Å². The molecule has 1 heterocycles. The van der Waals surface area contributed by atoms with Gasteiger partial charge in [0.25, 0.3) is 0 Å². The summed E-state index contributed by atoms with van der Waals surface area (Å²) in [5, 5.41) is 2.29. The standard InChI is InChI=1S/C12H14N2OS/c1-9(2)6-11(14-8-16)12(15)10-4-3-5-13-7-10/h3-5,7,9,11H,6H2,1-2H3. The van der Waals surface area contributed by atoms with Gasteiger partial charge in [0, 0.05) is 18.0 Å². The number of nitrogens with zero attached hydrogens (tertiary/aromatic N) is 2. The number of ketones is 1. The highest BCUT2D eigenvalue weighted by Crippen LogP contribution is 2.13. The first kappa shape index (κ1) is 12.7. The monoisotopic (exact) mass is 234 g/mol. The summed E-state index contributed by atoms with van der Waals surface area (Å²) in [6.45, 7) is 4.09. The topological polar surface area (TPSA) is 42.3 Å². The molecular formula is C12H14N2OS. The first-order valence-electron chi connectivity index (χ1n) is 5.16. The van der Waals surface area contributed by atoms with E-state index in [1.807, 2.05) is 13.8 Å². The van der Waals surface area contributed by atoms with E-state index in [0.717, 1.165) is 0 Å². The van der Waals surface area contributed by atoms with Gasteiger partial charge in [-0.2, -0.15) is 0 Å². The Morgan fingerprint density at radius 1 is 1.62 bits per heavy atom. The van der Waals surface area contributed by atoms with Crippen molar-refractivity contribution >= 4 is 23.2 Å². The van der Waals surface area contributed by atoms with Gasteiger partial charge < -0.3 is 0 Å². The molecule has 0 radical (unpaired) electrons. The van der Waals surface area contributed by atoms with Gasteiger partial charge in [-0.1, -0.05) is 13.8 Å². The van der Waals surface area contributed by atoms with Crippen LogP contribution in [0.2, 0.25) is 0 Å². The minimum atomic E-state index is -0.429. The second-order valence-corrected chi connectivity index (χ2v) is 4.15. The zero-order valence-electron chi connectivity index (χ0n) is 9.38. The number of thiocarbonyl (C=S) groups is 1. The lowest BCUT2D eigenvalue weighted by Gasteiger charge is -2.11. The predicted octanol–water partition coefficient (Wildman–Crippen LogP) is 2.78. The molecular weight excluding hydrogens is 220 g/mol. The molecule has 0 saturated heterocycles. The molecule has 4 heteroatoms. The zero-order chi connectivity index (χ0) is 12.0. The number of aliphatic imine (C=N–C) groups is 1. The Bertz CT molecular complexity index is 397. The van der Waals surface area contributed by atoms with E-state index in [-0.39, 0.29) is 5.78 Å². The first-order chi connectivity index (χ1) is 7.65. The highest BCUT2D eigenvalue weighted by Gasteiger charge is 2.20. The van der Waals surface area contributed by atoms with Crippen LogP contribution in [-0.2, 0) is 0 Å². The third-order valence-electron chi connectivity index (χ3n) is 2.15. The molecule has 1 aromatic rings. The van der Waals surface area contributed by atoms with Crippen LogP contribution in [0.3, 0.4) is 0 Å². The molecule has 0 saturated carbocycles. The number of carbonyl (C=O) groups is 1. The van der Waals surface area contributed by atoms with Crippen molar-refractivity contribution in [2.24, 2.45) is 10.9 Å². The molecule has 16 heavy (non-hydrogen) atoms. The Kier molecular flexibility index (Phi) is 4.96. The normalized spacial score (nSPS) is 11.9. The molecule has 1 aromatic heterocycles. The maximum atomic E-state index is 12.1. The summed E-state index contributed by atoms with van der Waals surface area (Å²) in [4.78, 5) is 19.9. The van der Waals surface area contributed by atoms with Crippen molar-refractivity contribution in [3.8, 4) is 0 Å². The molecule has 0 aliphatic rings. The smallest absolute Gasteiger partial charge is 0.189 e. The van der Waals surface area contributed by atoms with Gasteiger partial charge in [0.1, 0.15) is 6.04 Å². The summed E-state index contributed by atoms with van der Waals surface area (Å²) < 4.78 is 0. The quantitative estimate of drug-likeness (QED) is 0.447. The second-order valence-electron chi connectivity index (χ2n) is 3.97. The number of hydrogen-bond acceptors (Lipinski definition) is 4. The Balaban J connectivity index is 2.87. The van der Waals surface area contributed by atoms with E-state index in [2.05, 4.69) is 27.4 Å². The summed E-state index contributed by atoms with van der Waals surface area (Å²) >= 11 is 4.57. The number of aromatic nitrogens is 1. The highest BCUT2D eigenvalue weighted by atomic mass is 32.1. The lowest BCUT2D eigenvalue weighted by Crippen LogP contribution is -2.20. The van der Waals surface area contributed by atoms with Crippen molar-refractivity contribution in [1.29, 1.82) is 0 Å². The van der Waals surface area contributed by atoms with E-state index in [1.54, 1.807) is 24.5 Å². The van der Waals surface area contributed by atoms with Crippen LogP contribution in [0.1, 0.15) is 30.6 Å². The first-order valence-corrected chi connectivity index (χ1v) is 5.57. The van der Waals surface area contributed by atoms with Crippen LogP contribution in [0.5, 0.6) is 0 Å². The van der Waals surface area contributed by atoms with Crippen molar-refractivity contribution in [2.45, 2.75) is 26.3 Å². The molecule has 0 aliphatic heterocycles. The molecule has 0 spiro atoms. The molecule has 0 N–H and O–H groups in total. The SMILES string of the molecule is CC(C)CC(N=C=S)C(=O)c1cccnc1. The van der Waals surface area contributed by atoms with Crippen molar-refractivity contribution < 1.29 is 4.79 Å². The lowest BCUT2D eigenvalue weighted by molar-refractivity contribution is 0.0952. The van der Waals surface area contributed by atoms with Crippen LogP contribution in [0.25, 0.3) is 0 Å². The van der Waals surface area contributed by atoms with E-state index < -0.39 is 6.04 Å². The fourth-order valence-corrected chi connectivity index (χ4v) is 1.56. The van der Waals surface area contributed by atoms with Gasteiger partial charge in [-0.15, -0.1) is 0 Å². The van der Waals surface area contributed by atoms with E-state index in [1.165, 1.54) is 0 Å². The average Bonchev–Trinajstić information content (AvgIpc) is 2.28. The summed E-state index contributed by atoms with van der Waals surface area (Å²) in [6.07, 6.45) is 3.86. The van der Waals surface area contributed by atoms with Crippen molar-refractivity contribution in [1.82, 2.24) is 4.98 Å². The molecule has 0 amide bonds. The summed E-state index contributed by atoms with van der Waals surface area (Å²) in [6, 6.07) is 3.05. The van der Waals surface area contributed by atoms with Gasteiger partial charge in [0.2, 0.25) is 0 Å². The van der Waals surface area contributed by atoms with Gasteiger partial charge in [-0.3, -0.25) is 9.78 Å². The lowest BCUT2D eigenvalue weighted by atomic mass is 9.97. The van der Waals surface area contributed by atoms with Gasteiger partial charge in [0.15, 0.2) is 5.78 Å². The molecule has 1 unspecified atom stereocenters. The second kappa shape index (κ2) is 6.26. The number of rotatable bonds is 5. The Morgan fingerprint density at radius 3 is 2.88 bits per heavy atom. The number of Topliss-reactive ketones (excluding diaryl/α,β-unsaturated/α-hetero) is 1. The van der Waals surface area contributed by atoms with E-state index in [4.69, 9.17) is 0 Å². The third kappa shape index (κ3) is 3.65. The minimum Gasteiger partial charge on any atom is -0.292 e. The molecule has 0 bridgehead atoms. The van der Waals surface area contributed by atoms with Crippen LogP contribution in [-0.4, -0.2) is 22.0 Å². The highest BCUT2D eigenvalue weighted by molar-refractivity contribution is 7.78. The van der Waals surface area contributed by atoms with Gasteiger partial charge in [-0.05, 0) is 36.7 Å². The summed E-state index contributed by atoms with van der Waals surface area (Å²) in [5.41, 5.74) is 0.571. The average molecular weight is 234 g/mol. The number of hydrogen-bond donors (Lipinski definition) is 0. The summed E-state index contributed by atoms with van der Waals surface area (Å²) in [7, 11) is 0. The fraction of sp³-hybridized carbons (Fsp3) is 0.417. The minimum absolute atomic E-state index is 0.0425. The number of isothiocyanates is 1. The van der Waals surface area contributed by atoms with Crippen LogP contribution >= 0.6 is 12.2 Å². The van der Waals surface area contributed by atoms with Crippen LogP contribution in [0, 0.1) is 5.92 Å². The van der Waals surface area contributed by atoms with Crippen LogP contribution in [0.15, 0.2) is 29.5 Å². The summed E-state index contributed by atoms with van der Waals surface area (Å²) in [5.74, 6) is 0.344. The van der Waals surface area contributed by atoms with Crippen LogP contribution in [0.4, 0.5) is 0 Å². The number of pyridine rings is 1. The molecule has 1 atom stereocenters. The Labute approximate surface area is 101 Å². The Hall–Kier alpha value is -1.38. The van der Waals surface area contributed by atoms with Crippen molar-refractivity contribution in [3.63, 3.8) is 0 Å². The molecule has 0 aliphatic carbocycles. The maximum absolute atomic E-state index is 12.1. The number of carbonyl (C=O) groups excluding carboxylic acids is 1. The molecule has 84 valence electrons. The van der Waals surface area contributed by atoms with Gasteiger partial charge >= 0.3 is 0 Å². The zero-order valence-corrected chi connectivity index (χ0v) is 10.2. The fourth-order valence-electron chi connectivity index (χ4n) is 1.43. The maximum Gasteiger partial charge on any atom is 0.189 e.